The molecule has 3 aromatic rings. The van der Waals surface area contributed by atoms with Crippen LogP contribution in [0.25, 0.3) is 10.9 Å². The largest absolute Gasteiger partial charge is 0.323 e. The number of amides is 1. The summed E-state index contributed by atoms with van der Waals surface area (Å²) in [6.45, 7) is 5.93. The van der Waals surface area contributed by atoms with Gasteiger partial charge >= 0.3 is 0 Å². The number of benzene rings is 1. The van der Waals surface area contributed by atoms with Crippen LogP contribution >= 0.6 is 23.1 Å². The van der Waals surface area contributed by atoms with Crippen molar-refractivity contribution >= 4 is 45.9 Å². The molecule has 0 spiro atoms. The Bertz CT molecular complexity index is 1020. The van der Waals surface area contributed by atoms with Gasteiger partial charge in [-0.2, -0.15) is 0 Å². The Hall–Kier alpha value is -2.30. The van der Waals surface area contributed by atoms with Crippen molar-refractivity contribution in [2.45, 2.75) is 43.9 Å². The molecule has 2 aromatic heterocycles. The second-order valence-corrected chi connectivity index (χ2v) is 9.21. The third kappa shape index (κ3) is 4.40. The maximum atomic E-state index is 12.1. The summed E-state index contributed by atoms with van der Waals surface area (Å²) in [6, 6.07) is 6.14. The van der Waals surface area contributed by atoms with Gasteiger partial charge in [0.25, 0.3) is 0 Å². The predicted octanol–water partition coefficient (Wildman–Crippen LogP) is 2.37. The molecule has 3 heterocycles. The highest BCUT2D eigenvalue weighted by Gasteiger charge is 2.26. The number of fused-ring (bicyclic) bond motifs is 1. The number of rotatable bonds is 5. The third-order valence-electron chi connectivity index (χ3n) is 4.37. The fourth-order valence-corrected chi connectivity index (χ4v) is 4.94. The van der Waals surface area contributed by atoms with Gasteiger partial charge < -0.3 is 10.6 Å². The van der Waals surface area contributed by atoms with Gasteiger partial charge in [-0.25, -0.2) is 9.97 Å². The molecule has 2 atom stereocenters. The Balaban J connectivity index is 1.45. The number of carbonyl (C=O) groups is 1. The van der Waals surface area contributed by atoms with Crippen molar-refractivity contribution in [3.8, 4) is 0 Å². The van der Waals surface area contributed by atoms with Gasteiger partial charge in [0.2, 0.25) is 11.9 Å². The Labute approximate surface area is 171 Å². The predicted molar refractivity (Wildman–Crippen MR) is 111 cm³/mol. The normalized spacial score (nSPS) is 19.6. The van der Waals surface area contributed by atoms with E-state index in [1.54, 1.807) is 23.1 Å². The monoisotopic (exact) mass is 415 g/mol. The Morgan fingerprint density at radius 2 is 2.11 bits per heavy atom. The second-order valence-electron chi connectivity index (χ2n) is 6.76. The van der Waals surface area contributed by atoms with Crippen LogP contribution in [0, 0.1) is 20.8 Å². The molecule has 4 rings (SSSR count). The van der Waals surface area contributed by atoms with Gasteiger partial charge in [-0.3, -0.25) is 10.1 Å². The van der Waals surface area contributed by atoms with E-state index in [0.29, 0.717) is 12.4 Å². The first-order valence-corrected chi connectivity index (χ1v) is 10.8. The van der Waals surface area contributed by atoms with E-state index in [0.717, 1.165) is 37.3 Å². The van der Waals surface area contributed by atoms with Gasteiger partial charge in [0.05, 0.1) is 11.2 Å². The molecule has 8 nitrogen and oxygen atoms in total. The number of nitrogens with zero attached hydrogens (tertiary/aromatic N) is 4. The minimum Gasteiger partial charge on any atom is -0.323 e. The summed E-state index contributed by atoms with van der Waals surface area (Å²) in [5.74, 6) is 1.21. The highest BCUT2D eigenvalue weighted by atomic mass is 32.2. The summed E-state index contributed by atoms with van der Waals surface area (Å²) < 4.78 is 0.915. The molecule has 0 saturated carbocycles. The lowest BCUT2D eigenvalue weighted by Gasteiger charge is -2.31. The number of aryl methyl sites for hydroxylation is 3. The highest BCUT2D eigenvalue weighted by molar-refractivity contribution is 8.01. The zero-order chi connectivity index (χ0) is 19.7. The van der Waals surface area contributed by atoms with Crippen molar-refractivity contribution in [3.63, 3.8) is 0 Å². The lowest BCUT2D eigenvalue weighted by atomic mass is 10.1. The number of aromatic nitrogens is 4. The Kier molecular flexibility index (Phi) is 5.42. The summed E-state index contributed by atoms with van der Waals surface area (Å²) in [4.78, 5) is 21.3. The van der Waals surface area contributed by atoms with Crippen LogP contribution in [-0.2, 0) is 4.79 Å². The molecule has 10 heteroatoms. The molecular formula is C18H21N7OS2. The summed E-state index contributed by atoms with van der Waals surface area (Å²) in [5.41, 5.74) is 2.92. The van der Waals surface area contributed by atoms with Gasteiger partial charge in [-0.1, -0.05) is 35.2 Å². The second kappa shape index (κ2) is 7.98. The zero-order valence-corrected chi connectivity index (χ0v) is 17.4. The molecule has 146 valence electrons. The minimum atomic E-state index is -0.426. The Morgan fingerprint density at radius 3 is 2.89 bits per heavy atom. The SMILES string of the molecule is Cc1ccc2c(C)nc(NC3NC(=O)CC(CSc4nnc(C)s4)N3)nc2c1. The average Bonchev–Trinajstić information content (AvgIpc) is 3.04. The third-order valence-corrected chi connectivity index (χ3v) is 6.51. The number of hydrogen-bond donors (Lipinski definition) is 3. The summed E-state index contributed by atoms with van der Waals surface area (Å²) in [5, 5.41) is 19.6. The molecule has 2 unspecified atom stereocenters. The van der Waals surface area contributed by atoms with Crippen molar-refractivity contribution in [3.05, 3.63) is 34.5 Å². The van der Waals surface area contributed by atoms with Gasteiger partial charge in [-0.15, -0.1) is 10.2 Å². The van der Waals surface area contributed by atoms with Crippen molar-refractivity contribution in [1.82, 2.24) is 30.8 Å². The van der Waals surface area contributed by atoms with E-state index in [-0.39, 0.29) is 11.9 Å². The zero-order valence-electron chi connectivity index (χ0n) is 15.8. The molecule has 1 fully saturated rings. The van der Waals surface area contributed by atoms with E-state index in [1.807, 2.05) is 32.9 Å². The lowest BCUT2D eigenvalue weighted by molar-refractivity contribution is -0.123. The topological polar surface area (TPSA) is 105 Å². The van der Waals surface area contributed by atoms with Crippen LogP contribution in [0.5, 0.6) is 0 Å². The number of hydrogen-bond acceptors (Lipinski definition) is 9. The Morgan fingerprint density at radius 1 is 1.25 bits per heavy atom. The summed E-state index contributed by atoms with van der Waals surface area (Å²) in [7, 11) is 0. The van der Waals surface area contributed by atoms with E-state index >= 15 is 0 Å². The first-order valence-electron chi connectivity index (χ1n) is 8.96. The molecule has 1 aromatic carbocycles. The van der Waals surface area contributed by atoms with Gasteiger partial charge in [0, 0.05) is 23.6 Å². The van der Waals surface area contributed by atoms with Crippen LogP contribution in [0.2, 0.25) is 0 Å². The molecule has 1 saturated heterocycles. The van der Waals surface area contributed by atoms with E-state index in [9.17, 15) is 4.79 Å². The molecular weight excluding hydrogens is 394 g/mol. The number of thioether (sulfide) groups is 1. The fraction of sp³-hybridized carbons (Fsp3) is 0.389. The van der Waals surface area contributed by atoms with Crippen molar-refractivity contribution < 1.29 is 4.79 Å². The smallest absolute Gasteiger partial charge is 0.226 e. The molecule has 1 amide bonds. The van der Waals surface area contributed by atoms with Crippen molar-refractivity contribution in [2.75, 3.05) is 11.1 Å². The number of carbonyl (C=O) groups excluding carboxylic acids is 1. The first-order chi connectivity index (χ1) is 13.5. The molecule has 1 aliphatic rings. The molecule has 28 heavy (non-hydrogen) atoms. The van der Waals surface area contributed by atoms with E-state index in [4.69, 9.17) is 0 Å². The van der Waals surface area contributed by atoms with E-state index in [2.05, 4.69) is 42.2 Å². The molecule has 0 radical (unpaired) electrons. The molecule has 1 aliphatic heterocycles. The molecule has 3 N–H and O–H groups in total. The number of anilines is 1. The van der Waals surface area contributed by atoms with Crippen LogP contribution in [0.3, 0.4) is 0 Å². The van der Waals surface area contributed by atoms with Crippen molar-refractivity contribution in [2.24, 2.45) is 0 Å². The lowest BCUT2D eigenvalue weighted by Crippen LogP contribution is -2.60. The fourth-order valence-electron chi connectivity index (χ4n) is 3.07. The maximum absolute atomic E-state index is 12.1. The van der Waals surface area contributed by atoms with Gasteiger partial charge in [0.1, 0.15) is 5.01 Å². The van der Waals surface area contributed by atoms with E-state index < -0.39 is 6.29 Å². The first kappa shape index (κ1) is 19.0. The highest BCUT2D eigenvalue weighted by Crippen LogP contribution is 2.24. The van der Waals surface area contributed by atoms with Crippen LogP contribution in [0.1, 0.15) is 22.7 Å². The quantitative estimate of drug-likeness (QED) is 0.546. The minimum absolute atomic E-state index is 0.0105. The van der Waals surface area contributed by atoms with Crippen molar-refractivity contribution in [1.29, 1.82) is 0 Å². The van der Waals surface area contributed by atoms with E-state index in [1.165, 1.54) is 0 Å². The van der Waals surface area contributed by atoms with Crippen LogP contribution in [-0.4, -0.2) is 44.2 Å². The van der Waals surface area contributed by atoms with Crippen LogP contribution < -0.4 is 16.0 Å². The summed E-state index contributed by atoms with van der Waals surface area (Å²) >= 11 is 3.17. The molecule has 0 aliphatic carbocycles. The average molecular weight is 416 g/mol. The maximum Gasteiger partial charge on any atom is 0.226 e. The van der Waals surface area contributed by atoms with Gasteiger partial charge in [-0.05, 0) is 32.4 Å². The number of nitrogens with one attached hydrogen (secondary N) is 3. The van der Waals surface area contributed by atoms with Crippen LogP contribution in [0.15, 0.2) is 22.5 Å². The molecule has 0 bridgehead atoms. The van der Waals surface area contributed by atoms with Gasteiger partial charge in [0.15, 0.2) is 10.6 Å². The standard InChI is InChI=1S/C18H21N7OS2/c1-9-4-5-13-10(2)19-16(21-14(13)6-9)23-17-20-12(7-15(26)22-17)8-27-18-25-24-11(3)28-18/h4-6,12,17,20H,7-8H2,1-3H3,(H,22,26)(H,19,21,23). The summed E-state index contributed by atoms with van der Waals surface area (Å²) in [6.07, 6.45) is -0.00980. The van der Waals surface area contributed by atoms with Crippen LogP contribution in [0.4, 0.5) is 5.95 Å².